The topological polar surface area (TPSA) is 61.9 Å². The van der Waals surface area contributed by atoms with E-state index in [0.29, 0.717) is 32.1 Å². The molecule has 6 heteroatoms. The van der Waals surface area contributed by atoms with E-state index in [4.69, 9.17) is 4.74 Å². The van der Waals surface area contributed by atoms with Crippen molar-refractivity contribution in [3.63, 3.8) is 0 Å². The second-order valence-electron chi connectivity index (χ2n) is 9.40. The third kappa shape index (κ3) is 3.63. The Balaban J connectivity index is 1.13. The molecule has 1 unspecified atom stereocenters. The zero-order valence-corrected chi connectivity index (χ0v) is 17.1. The molecule has 2 spiro atoms. The van der Waals surface area contributed by atoms with Gasteiger partial charge in [-0.25, -0.2) is 4.79 Å². The monoisotopic (exact) mass is 397 g/mol. The fourth-order valence-corrected chi connectivity index (χ4v) is 5.56. The highest BCUT2D eigenvalue weighted by Gasteiger charge is 2.59. The number of carbonyl (C=O) groups is 2. The summed E-state index contributed by atoms with van der Waals surface area (Å²) in [4.78, 5) is 29.3. The minimum atomic E-state index is -0.402. The number of nitrogens with zero attached hydrogens (tertiary/aromatic N) is 2. The molecule has 3 aliphatic heterocycles. The Bertz CT molecular complexity index is 767. The van der Waals surface area contributed by atoms with Crippen LogP contribution in [0.1, 0.15) is 37.7 Å². The molecule has 1 N–H and O–H groups in total. The van der Waals surface area contributed by atoms with E-state index in [2.05, 4.69) is 17.4 Å². The molecule has 1 aliphatic carbocycles. The van der Waals surface area contributed by atoms with Gasteiger partial charge in [0, 0.05) is 38.4 Å². The van der Waals surface area contributed by atoms with Gasteiger partial charge in [-0.2, -0.15) is 0 Å². The number of hydrogen-bond donors (Lipinski definition) is 1. The van der Waals surface area contributed by atoms with Crippen LogP contribution < -0.4 is 5.32 Å². The molecule has 2 amide bonds. The van der Waals surface area contributed by atoms with Gasteiger partial charge in [0.15, 0.2) is 0 Å². The third-order valence-corrected chi connectivity index (χ3v) is 7.63. The van der Waals surface area contributed by atoms with Crippen molar-refractivity contribution < 1.29 is 14.3 Å². The Morgan fingerprint density at radius 1 is 1.10 bits per heavy atom. The third-order valence-electron chi connectivity index (χ3n) is 7.63. The molecule has 3 heterocycles. The van der Waals surface area contributed by atoms with Crippen LogP contribution in [0.2, 0.25) is 0 Å². The number of hydrogen-bond acceptors (Lipinski definition) is 4. The first-order valence-electron chi connectivity index (χ1n) is 11.1. The van der Waals surface area contributed by atoms with E-state index in [-0.39, 0.29) is 17.4 Å². The van der Waals surface area contributed by atoms with Gasteiger partial charge in [-0.05, 0) is 49.8 Å². The van der Waals surface area contributed by atoms with Crippen LogP contribution in [-0.2, 0) is 16.0 Å². The lowest BCUT2D eigenvalue weighted by molar-refractivity contribution is -0.137. The highest BCUT2D eigenvalue weighted by Crippen LogP contribution is 2.59. The van der Waals surface area contributed by atoms with E-state index in [1.54, 1.807) is 0 Å². The number of nitrogens with one attached hydrogen (secondary N) is 1. The van der Waals surface area contributed by atoms with Crippen LogP contribution in [0, 0.1) is 11.3 Å². The predicted molar refractivity (Wildman–Crippen MR) is 109 cm³/mol. The van der Waals surface area contributed by atoms with Gasteiger partial charge >= 0.3 is 6.09 Å². The Labute approximate surface area is 172 Å². The first-order valence-corrected chi connectivity index (χ1v) is 11.1. The molecule has 0 bridgehead atoms. The second-order valence-corrected chi connectivity index (χ2v) is 9.40. The number of amides is 2. The van der Waals surface area contributed by atoms with Crippen molar-refractivity contribution in [1.82, 2.24) is 15.1 Å². The fraction of sp³-hybridized carbons (Fsp3) is 0.652. The van der Waals surface area contributed by atoms with Crippen molar-refractivity contribution in [1.29, 1.82) is 0 Å². The molecule has 4 aliphatic rings. The van der Waals surface area contributed by atoms with Crippen LogP contribution in [0.25, 0.3) is 0 Å². The molecule has 3 saturated heterocycles. The van der Waals surface area contributed by atoms with Crippen molar-refractivity contribution in [3.8, 4) is 0 Å². The molecule has 156 valence electrons. The maximum Gasteiger partial charge on any atom is 0.410 e. The lowest BCUT2D eigenvalue weighted by atomic mass is 9.89. The standard InChI is InChI=1S/C23H31N3O3/c27-20(19-16-22(19)7-11-24-12-8-22)25-14-9-23(10-15-25)17-26(21(28)29-23)13-6-18-4-2-1-3-5-18/h1-5,19,24H,6-17H2. The number of likely N-dealkylation sites (tertiary alicyclic amines) is 1. The van der Waals surface area contributed by atoms with Gasteiger partial charge in [-0.15, -0.1) is 0 Å². The number of ether oxygens (including phenoxy) is 1. The van der Waals surface area contributed by atoms with Gasteiger partial charge in [0.05, 0.1) is 6.54 Å². The number of piperidine rings is 2. The molecule has 29 heavy (non-hydrogen) atoms. The summed E-state index contributed by atoms with van der Waals surface area (Å²) >= 11 is 0. The molecular weight excluding hydrogens is 366 g/mol. The van der Waals surface area contributed by atoms with Crippen molar-refractivity contribution in [2.24, 2.45) is 11.3 Å². The zero-order valence-electron chi connectivity index (χ0n) is 17.1. The summed E-state index contributed by atoms with van der Waals surface area (Å²) in [6.45, 7) is 4.85. The minimum absolute atomic E-state index is 0.198. The van der Waals surface area contributed by atoms with E-state index in [9.17, 15) is 9.59 Å². The van der Waals surface area contributed by atoms with Gasteiger partial charge in [0.25, 0.3) is 0 Å². The summed E-state index contributed by atoms with van der Waals surface area (Å²) < 4.78 is 5.85. The van der Waals surface area contributed by atoms with Crippen molar-refractivity contribution in [2.45, 2.75) is 44.1 Å². The first kappa shape index (κ1) is 18.9. The second kappa shape index (κ2) is 7.31. The summed E-state index contributed by atoms with van der Waals surface area (Å²) in [5, 5.41) is 3.40. The summed E-state index contributed by atoms with van der Waals surface area (Å²) in [6, 6.07) is 10.2. The smallest absolute Gasteiger partial charge is 0.410 e. The molecule has 1 atom stereocenters. The predicted octanol–water partition coefficient (Wildman–Crippen LogP) is 2.43. The first-order chi connectivity index (χ1) is 14.1. The maximum atomic E-state index is 13.0. The summed E-state index contributed by atoms with van der Waals surface area (Å²) in [5.74, 6) is 0.569. The van der Waals surface area contributed by atoms with Crippen LogP contribution in [-0.4, -0.2) is 66.7 Å². The van der Waals surface area contributed by atoms with Gasteiger partial charge in [0.1, 0.15) is 5.60 Å². The average Bonchev–Trinajstić information content (AvgIpc) is 3.35. The van der Waals surface area contributed by atoms with Crippen LogP contribution in [0.3, 0.4) is 0 Å². The highest BCUT2D eigenvalue weighted by molar-refractivity contribution is 5.83. The Kier molecular flexibility index (Phi) is 4.77. The van der Waals surface area contributed by atoms with Crippen molar-refractivity contribution >= 4 is 12.0 Å². The van der Waals surface area contributed by atoms with E-state index >= 15 is 0 Å². The summed E-state index contributed by atoms with van der Waals surface area (Å²) in [6.07, 6.45) is 5.50. The van der Waals surface area contributed by atoms with Gasteiger partial charge < -0.3 is 19.9 Å². The van der Waals surface area contributed by atoms with Gasteiger partial charge in [-0.1, -0.05) is 30.3 Å². The van der Waals surface area contributed by atoms with Crippen LogP contribution in [0.4, 0.5) is 4.79 Å². The molecule has 4 fully saturated rings. The minimum Gasteiger partial charge on any atom is -0.441 e. The van der Waals surface area contributed by atoms with E-state index in [1.807, 2.05) is 28.0 Å². The Morgan fingerprint density at radius 2 is 1.83 bits per heavy atom. The lowest BCUT2D eigenvalue weighted by Crippen LogP contribution is -2.49. The fourth-order valence-electron chi connectivity index (χ4n) is 5.56. The van der Waals surface area contributed by atoms with Crippen LogP contribution >= 0.6 is 0 Å². The Hall–Kier alpha value is -2.08. The number of rotatable bonds is 4. The highest BCUT2D eigenvalue weighted by atomic mass is 16.6. The number of benzene rings is 1. The lowest BCUT2D eigenvalue weighted by Gasteiger charge is -2.38. The van der Waals surface area contributed by atoms with Crippen molar-refractivity contribution in [2.75, 3.05) is 39.3 Å². The van der Waals surface area contributed by atoms with Crippen molar-refractivity contribution in [3.05, 3.63) is 35.9 Å². The van der Waals surface area contributed by atoms with E-state index in [0.717, 1.165) is 51.6 Å². The normalized spacial score (nSPS) is 27.3. The molecule has 0 aromatic heterocycles. The van der Waals surface area contributed by atoms with Gasteiger partial charge in [0.2, 0.25) is 5.91 Å². The molecule has 0 radical (unpaired) electrons. The quantitative estimate of drug-likeness (QED) is 0.848. The summed E-state index contributed by atoms with van der Waals surface area (Å²) in [5.41, 5.74) is 1.12. The van der Waals surface area contributed by atoms with E-state index < -0.39 is 5.60 Å². The average molecular weight is 398 g/mol. The molecular formula is C23H31N3O3. The molecule has 5 rings (SSSR count). The largest absolute Gasteiger partial charge is 0.441 e. The Morgan fingerprint density at radius 3 is 2.55 bits per heavy atom. The van der Waals surface area contributed by atoms with Gasteiger partial charge in [-0.3, -0.25) is 4.79 Å². The van der Waals surface area contributed by atoms with Crippen LogP contribution in [0.15, 0.2) is 30.3 Å². The van der Waals surface area contributed by atoms with Crippen LogP contribution in [0.5, 0.6) is 0 Å². The molecule has 1 saturated carbocycles. The molecule has 1 aromatic rings. The molecule has 1 aromatic carbocycles. The summed E-state index contributed by atoms with van der Waals surface area (Å²) in [7, 11) is 0. The SMILES string of the molecule is O=C1OC2(CCN(C(=O)C3CC34CCNCC4)CC2)CN1CCc1ccccc1. The maximum absolute atomic E-state index is 13.0. The molecule has 6 nitrogen and oxygen atoms in total. The van der Waals surface area contributed by atoms with E-state index in [1.165, 1.54) is 5.56 Å². The zero-order chi connectivity index (χ0) is 19.9. The number of carbonyl (C=O) groups excluding carboxylic acids is 2.